The van der Waals surface area contributed by atoms with E-state index in [0.717, 1.165) is 30.5 Å². The normalized spacial score (nSPS) is 15.1. The molecule has 8 nitrogen and oxygen atoms in total. The second-order valence-electron chi connectivity index (χ2n) is 7.87. The maximum Gasteiger partial charge on any atom is 0.329 e. The Hall–Kier alpha value is -2.33. The highest BCUT2D eigenvalue weighted by Crippen LogP contribution is 2.30. The number of hydrogen-bond acceptors (Lipinski definition) is 6. The molecule has 0 aliphatic carbocycles. The van der Waals surface area contributed by atoms with Gasteiger partial charge in [0.25, 0.3) is 5.56 Å². The van der Waals surface area contributed by atoms with Crippen LogP contribution in [0.5, 0.6) is 5.75 Å². The first-order chi connectivity index (χ1) is 15.7. The molecule has 0 amide bonds. The average Bonchev–Trinajstić information content (AvgIpc) is 2.78. The standard InChI is InChI=1S/C22H23Cl2N3O5S/c1-2-33(30,31)20-4-3-14(23)9-13(20)12-27-21(28)16-10-17(24)19(11-18(16)26-22(27)29)32-15-5-7-25-8-6-15/h3-4,9-11,15,25H,2,5-8,12H2,1H3,(H,26,29). The lowest BCUT2D eigenvalue weighted by Gasteiger charge is -2.24. The topological polar surface area (TPSA) is 110 Å². The van der Waals surface area contributed by atoms with Gasteiger partial charge in [0, 0.05) is 11.1 Å². The Balaban J connectivity index is 1.77. The summed E-state index contributed by atoms with van der Waals surface area (Å²) >= 11 is 12.5. The molecule has 0 unspecified atom stereocenters. The SMILES string of the molecule is CCS(=O)(=O)c1ccc(Cl)cc1Cn1c(=O)[nH]c2cc(OC3CCNCC3)c(Cl)cc2c1=O. The van der Waals surface area contributed by atoms with Crippen LogP contribution >= 0.6 is 23.2 Å². The number of hydrogen-bond donors (Lipinski definition) is 2. The first kappa shape index (κ1) is 23.8. The highest BCUT2D eigenvalue weighted by Gasteiger charge is 2.20. The number of sulfone groups is 1. The number of nitrogens with one attached hydrogen (secondary N) is 2. The molecule has 0 atom stereocenters. The fraction of sp³-hybridized carbons (Fsp3) is 0.364. The van der Waals surface area contributed by atoms with Crippen molar-refractivity contribution in [2.24, 2.45) is 0 Å². The molecule has 33 heavy (non-hydrogen) atoms. The Morgan fingerprint density at radius 2 is 1.85 bits per heavy atom. The van der Waals surface area contributed by atoms with Crippen LogP contribution in [0, 0.1) is 0 Å². The number of piperidine rings is 1. The van der Waals surface area contributed by atoms with E-state index >= 15 is 0 Å². The highest BCUT2D eigenvalue weighted by atomic mass is 35.5. The number of benzene rings is 2. The van der Waals surface area contributed by atoms with E-state index in [1.807, 2.05) is 0 Å². The molecular formula is C22H23Cl2N3O5S. The summed E-state index contributed by atoms with van der Waals surface area (Å²) in [5, 5.41) is 4.01. The minimum Gasteiger partial charge on any atom is -0.489 e. The second-order valence-corrected chi connectivity index (χ2v) is 11.0. The molecule has 0 bridgehead atoms. The first-order valence-electron chi connectivity index (χ1n) is 10.5. The van der Waals surface area contributed by atoms with E-state index in [-0.39, 0.29) is 39.3 Å². The number of aromatic nitrogens is 2. The molecule has 0 saturated carbocycles. The summed E-state index contributed by atoms with van der Waals surface area (Å²) in [6.07, 6.45) is 1.65. The van der Waals surface area contributed by atoms with Gasteiger partial charge >= 0.3 is 5.69 Å². The van der Waals surface area contributed by atoms with Crippen molar-refractivity contribution < 1.29 is 13.2 Å². The summed E-state index contributed by atoms with van der Waals surface area (Å²) in [4.78, 5) is 28.7. The fourth-order valence-electron chi connectivity index (χ4n) is 3.88. The predicted octanol–water partition coefficient (Wildman–Crippen LogP) is 2.97. The zero-order valence-corrected chi connectivity index (χ0v) is 20.2. The summed E-state index contributed by atoms with van der Waals surface area (Å²) in [5.74, 6) is 0.273. The Bertz CT molecular complexity index is 1430. The molecule has 1 aromatic heterocycles. The summed E-state index contributed by atoms with van der Waals surface area (Å²) in [7, 11) is -3.59. The van der Waals surface area contributed by atoms with Crippen LogP contribution < -0.4 is 21.3 Å². The van der Waals surface area contributed by atoms with Crippen molar-refractivity contribution >= 4 is 43.9 Å². The molecule has 1 saturated heterocycles. The van der Waals surface area contributed by atoms with E-state index in [1.54, 1.807) is 6.07 Å². The van der Waals surface area contributed by atoms with Gasteiger partial charge in [-0.3, -0.25) is 9.36 Å². The van der Waals surface area contributed by atoms with Crippen LogP contribution in [-0.4, -0.2) is 42.9 Å². The van der Waals surface area contributed by atoms with Crippen molar-refractivity contribution in [2.45, 2.75) is 37.3 Å². The zero-order chi connectivity index (χ0) is 23.8. The van der Waals surface area contributed by atoms with Crippen LogP contribution in [0.1, 0.15) is 25.3 Å². The number of fused-ring (bicyclic) bond motifs is 1. The second kappa shape index (κ2) is 9.50. The Kier molecular flexibility index (Phi) is 6.86. The van der Waals surface area contributed by atoms with Gasteiger partial charge in [0.05, 0.1) is 33.1 Å². The molecular weight excluding hydrogens is 489 g/mol. The lowest BCUT2D eigenvalue weighted by molar-refractivity contribution is 0.163. The summed E-state index contributed by atoms with van der Waals surface area (Å²) in [6.45, 7) is 2.95. The van der Waals surface area contributed by atoms with Crippen molar-refractivity contribution in [1.29, 1.82) is 0 Å². The van der Waals surface area contributed by atoms with Gasteiger partial charge in [-0.1, -0.05) is 30.1 Å². The zero-order valence-electron chi connectivity index (χ0n) is 17.9. The molecule has 1 fully saturated rings. The van der Waals surface area contributed by atoms with Crippen LogP contribution in [0.4, 0.5) is 0 Å². The first-order valence-corrected chi connectivity index (χ1v) is 13.0. The third kappa shape index (κ3) is 4.96. The third-order valence-electron chi connectivity index (χ3n) is 5.68. The summed E-state index contributed by atoms with van der Waals surface area (Å²) in [6, 6.07) is 7.31. The van der Waals surface area contributed by atoms with E-state index < -0.39 is 21.1 Å². The van der Waals surface area contributed by atoms with Crippen LogP contribution in [0.25, 0.3) is 10.9 Å². The van der Waals surface area contributed by atoms with Crippen LogP contribution in [0.2, 0.25) is 10.0 Å². The molecule has 11 heteroatoms. The van der Waals surface area contributed by atoms with E-state index in [1.165, 1.54) is 31.2 Å². The molecule has 3 aromatic rings. The van der Waals surface area contributed by atoms with Gasteiger partial charge in [0.2, 0.25) is 0 Å². The maximum atomic E-state index is 13.2. The average molecular weight is 512 g/mol. The molecule has 176 valence electrons. The van der Waals surface area contributed by atoms with Gasteiger partial charge in [-0.2, -0.15) is 0 Å². The number of nitrogens with zero attached hydrogens (tertiary/aromatic N) is 1. The Morgan fingerprint density at radius 1 is 1.12 bits per heavy atom. The minimum absolute atomic E-state index is 0.00458. The van der Waals surface area contributed by atoms with Crippen LogP contribution in [0.15, 0.2) is 44.8 Å². The van der Waals surface area contributed by atoms with Crippen molar-refractivity contribution in [1.82, 2.24) is 14.9 Å². The van der Waals surface area contributed by atoms with E-state index in [4.69, 9.17) is 27.9 Å². The quantitative estimate of drug-likeness (QED) is 0.526. The molecule has 0 radical (unpaired) electrons. The Labute approximate surface area is 200 Å². The fourth-order valence-corrected chi connectivity index (χ4v) is 5.39. The molecule has 4 rings (SSSR count). The van der Waals surface area contributed by atoms with Crippen molar-refractivity contribution in [3.63, 3.8) is 0 Å². The van der Waals surface area contributed by atoms with Gasteiger partial charge in [-0.05, 0) is 55.8 Å². The van der Waals surface area contributed by atoms with Crippen molar-refractivity contribution in [3.05, 3.63) is 66.8 Å². The molecule has 2 aromatic carbocycles. The molecule has 1 aliphatic rings. The number of aromatic amines is 1. The number of H-pyrrole nitrogens is 1. The van der Waals surface area contributed by atoms with Gasteiger partial charge < -0.3 is 15.0 Å². The van der Waals surface area contributed by atoms with Gasteiger partial charge in [-0.25, -0.2) is 13.2 Å². The number of halogens is 2. The van der Waals surface area contributed by atoms with Crippen LogP contribution in [0.3, 0.4) is 0 Å². The van der Waals surface area contributed by atoms with Crippen molar-refractivity contribution in [2.75, 3.05) is 18.8 Å². The Morgan fingerprint density at radius 3 is 2.55 bits per heavy atom. The van der Waals surface area contributed by atoms with Crippen LogP contribution in [-0.2, 0) is 16.4 Å². The maximum absolute atomic E-state index is 13.2. The van der Waals surface area contributed by atoms with E-state index in [9.17, 15) is 18.0 Å². The summed E-state index contributed by atoms with van der Waals surface area (Å²) in [5.41, 5.74) is -0.721. The van der Waals surface area contributed by atoms with Gasteiger partial charge in [0.15, 0.2) is 9.84 Å². The smallest absolute Gasteiger partial charge is 0.329 e. The number of rotatable bonds is 6. The lowest BCUT2D eigenvalue weighted by atomic mass is 10.1. The third-order valence-corrected chi connectivity index (χ3v) is 8.04. The van der Waals surface area contributed by atoms with E-state index in [2.05, 4.69) is 10.3 Å². The minimum atomic E-state index is -3.59. The highest BCUT2D eigenvalue weighted by molar-refractivity contribution is 7.91. The predicted molar refractivity (Wildman–Crippen MR) is 129 cm³/mol. The molecule has 2 heterocycles. The monoisotopic (exact) mass is 511 g/mol. The summed E-state index contributed by atoms with van der Waals surface area (Å²) < 4.78 is 31.9. The molecule has 2 N–H and O–H groups in total. The molecule has 1 aliphatic heterocycles. The van der Waals surface area contributed by atoms with Crippen molar-refractivity contribution in [3.8, 4) is 5.75 Å². The van der Waals surface area contributed by atoms with E-state index in [0.29, 0.717) is 16.3 Å². The molecule has 0 spiro atoms. The number of ether oxygens (including phenoxy) is 1. The van der Waals surface area contributed by atoms with Gasteiger partial charge in [0.1, 0.15) is 11.9 Å². The largest absolute Gasteiger partial charge is 0.489 e. The van der Waals surface area contributed by atoms with Gasteiger partial charge in [-0.15, -0.1) is 0 Å². The lowest BCUT2D eigenvalue weighted by Crippen LogP contribution is -2.36.